The Morgan fingerprint density at radius 2 is 1.78 bits per heavy atom. The number of hydrogen-bond donors (Lipinski definition) is 1. The fraction of sp³-hybridized carbons (Fsp3) is 0.529. The minimum absolute atomic E-state index is 0.213. The molecule has 100 valence electrons. The van der Waals surface area contributed by atoms with Gasteiger partial charge in [0.1, 0.15) is 0 Å². The van der Waals surface area contributed by atoms with Crippen LogP contribution in [0.15, 0.2) is 30.3 Å². The van der Waals surface area contributed by atoms with Gasteiger partial charge in [-0.25, -0.2) is 0 Å². The van der Waals surface area contributed by atoms with Gasteiger partial charge in [0.15, 0.2) is 0 Å². The van der Waals surface area contributed by atoms with Crippen molar-refractivity contribution in [1.82, 2.24) is 5.32 Å². The quantitative estimate of drug-likeness (QED) is 0.757. The van der Waals surface area contributed by atoms with Gasteiger partial charge >= 0.3 is 0 Å². The molecule has 0 amide bonds. The third kappa shape index (κ3) is 5.50. The largest absolute Gasteiger partial charge is 0.312 e. The summed E-state index contributed by atoms with van der Waals surface area (Å²) in [5.74, 6) is 0. The van der Waals surface area contributed by atoms with Gasteiger partial charge < -0.3 is 5.32 Å². The molecule has 0 aliphatic carbocycles. The molecule has 1 aromatic carbocycles. The maximum absolute atomic E-state index is 3.50. The van der Waals surface area contributed by atoms with Crippen LogP contribution < -0.4 is 5.32 Å². The molecule has 1 N–H and O–H groups in total. The van der Waals surface area contributed by atoms with Crippen molar-refractivity contribution < 1.29 is 0 Å². The second-order valence-corrected chi connectivity index (χ2v) is 5.90. The minimum atomic E-state index is 0.213. The molecule has 1 heteroatoms. The zero-order valence-electron chi connectivity index (χ0n) is 12.5. The normalized spacial score (nSPS) is 12.8. The first kappa shape index (κ1) is 15.0. The van der Waals surface area contributed by atoms with Gasteiger partial charge in [0.25, 0.3) is 0 Å². The maximum atomic E-state index is 3.50. The highest BCUT2D eigenvalue weighted by atomic mass is 14.9. The van der Waals surface area contributed by atoms with Crippen molar-refractivity contribution >= 4 is 5.57 Å². The number of rotatable bonds is 5. The lowest BCUT2D eigenvalue weighted by molar-refractivity contribution is 0.431. The van der Waals surface area contributed by atoms with Crippen molar-refractivity contribution in [3.8, 4) is 0 Å². The summed E-state index contributed by atoms with van der Waals surface area (Å²) in [4.78, 5) is 0. The molecule has 0 atom stereocenters. The summed E-state index contributed by atoms with van der Waals surface area (Å²) < 4.78 is 0. The predicted octanol–water partition coefficient (Wildman–Crippen LogP) is 4.43. The van der Waals surface area contributed by atoms with E-state index in [-0.39, 0.29) is 5.54 Å². The van der Waals surface area contributed by atoms with E-state index in [9.17, 15) is 0 Å². The number of benzene rings is 1. The predicted molar refractivity (Wildman–Crippen MR) is 81.8 cm³/mol. The van der Waals surface area contributed by atoms with E-state index in [1.165, 1.54) is 16.7 Å². The first-order valence-corrected chi connectivity index (χ1v) is 6.93. The molecule has 0 spiro atoms. The van der Waals surface area contributed by atoms with E-state index in [0.717, 1.165) is 19.4 Å². The first-order valence-electron chi connectivity index (χ1n) is 6.93. The van der Waals surface area contributed by atoms with Gasteiger partial charge in [0.2, 0.25) is 0 Å². The molecule has 0 unspecified atom stereocenters. The van der Waals surface area contributed by atoms with Gasteiger partial charge in [-0.2, -0.15) is 0 Å². The zero-order valence-corrected chi connectivity index (χ0v) is 12.5. The van der Waals surface area contributed by atoms with Crippen LogP contribution in [0.5, 0.6) is 0 Å². The number of aryl methyl sites for hydroxylation is 1. The van der Waals surface area contributed by atoms with Crippen LogP contribution in [-0.4, -0.2) is 12.1 Å². The molecular weight excluding hydrogens is 218 g/mol. The van der Waals surface area contributed by atoms with Gasteiger partial charge in [0.05, 0.1) is 0 Å². The smallest absolute Gasteiger partial charge is 0.00966 e. The highest BCUT2D eigenvalue weighted by molar-refractivity contribution is 5.63. The van der Waals surface area contributed by atoms with Crippen LogP contribution in [-0.2, 0) is 6.42 Å². The lowest BCUT2D eigenvalue weighted by Gasteiger charge is -2.19. The van der Waals surface area contributed by atoms with Crippen molar-refractivity contribution in [2.24, 2.45) is 0 Å². The number of nitrogens with one attached hydrogen (secondary N) is 1. The van der Waals surface area contributed by atoms with E-state index in [1.807, 2.05) is 0 Å². The summed E-state index contributed by atoms with van der Waals surface area (Å²) >= 11 is 0. The third-order valence-corrected chi connectivity index (χ3v) is 3.07. The van der Waals surface area contributed by atoms with E-state index >= 15 is 0 Å². The molecule has 0 saturated carbocycles. The van der Waals surface area contributed by atoms with Crippen molar-refractivity contribution in [2.45, 2.75) is 53.0 Å². The maximum Gasteiger partial charge on any atom is 0.00966 e. The fourth-order valence-electron chi connectivity index (χ4n) is 1.86. The Labute approximate surface area is 112 Å². The molecule has 1 nitrogen and oxygen atoms in total. The molecule has 0 radical (unpaired) electrons. The SMILES string of the molecule is CCc1ccc(C(C)=CCCNC(C)(C)C)cc1. The molecule has 1 aromatic rings. The highest BCUT2D eigenvalue weighted by Crippen LogP contribution is 2.15. The summed E-state index contributed by atoms with van der Waals surface area (Å²) in [7, 11) is 0. The van der Waals surface area contributed by atoms with Crippen LogP contribution in [0, 0.1) is 0 Å². The second kappa shape index (κ2) is 6.75. The van der Waals surface area contributed by atoms with Gasteiger partial charge in [-0.1, -0.05) is 37.3 Å². The summed E-state index contributed by atoms with van der Waals surface area (Å²) in [5.41, 5.74) is 4.32. The Morgan fingerprint density at radius 1 is 1.17 bits per heavy atom. The van der Waals surface area contributed by atoms with E-state index in [4.69, 9.17) is 0 Å². The van der Waals surface area contributed by atoms with Gasteiger partial charge in [-0.05, 0) is 63.8 Å². The minimum Gasteiger partial charge on any atom is -0.312 e. The van der Waals surface area contributed by atoms with Crippen molar-refractivity contribution in [3.05, 3.63) is 41.5 Å². The average Bonchev–Trinajstić information content (AvgIpc) is 2.33. The van der Waals surface area contributed by atoms with E-state index < -0.39 is 0 Å². The van der Waals surface area contributed by atoms with Gasteiger partial charge in [-0.15, -0.1) is 0 Å². The summed E-state index contributed by atoms with van der Waals surface area (Å²) in [6.45, 7) is 12.0. The van der Waals surface area contributed by atoms with Crippen LogP contribution in [0.2, 0.25) is 0 Å². The van der Waals surface area contributed by atoms with Crippen LogP contribution in [0.3, 0.4) is 0 Å². The molecule has 0 bridgehead atoms. The van der Waals surface area contributed by atoms with Crippen molar-refractivity contribution in [1.29, 1.82) is 0 Å². The standard InChI is InChI=1S/C17H27N/c1-6-15-9-11-16(12-10-15)14(2)8-7-13-18-17(3,4)5/h8-12,18H,6-7,13H2,1-5H3. The van der Waals surface area contributed by atoms with Gasteiger partial charge in [-0.3, -0.25) is 0 Å². The molecule has 0 aromatic heterocycles. The van der Waals surface area contributed by atoms with Gasteiger partial charge in [0, 0.05) is 5.54 Å². The van der Waals surface area contributed by atoms with Crippen molar-refractivity contribution in [3.63, 3.8) is 0 Å². The number of hydrogen-bond acceptors (Lipinski definition) is 1. The van der Waals surface area contributed by atoms with Crippen LogP contribution in [0.4, 0.5) is 0 Å². The number of allylic oxidation sites excluding steroid dienone is 1. The monoisotopic (exact) mass is 245 g/mol. The fourth-order valence-corrected chi connectivity index (χ4v) is 1.86. The molecule has 0 aliphatic heterocycles. The molecule has 0 heterocycles. The lowest BCUT2D eigenvalue weighted by atomic mass is 10.0. The Kier molecular flexibility index (Phi) is 5.61. The zero-order chi connectivity index (χ0) is 13.6. The first-order chi connectivity index (χ1) is 8.42. The molecule has 1 rings (SSSR count). The topological polar surface area (TPSA) is 12.0 Å². The second-order valence-electron chi connectivity index (χ2n) is 5.90. The Morgan fingerprint density at radius 3 is 2.28 bits per heavy atom. The summed E-state index contributed by atoms with van der Waals surface area (Å²) in [5, 5.41) is 3.50. The van der Waals surface area contributed by atoms with Crippen LogP contribution in [0.25, 0.3) is 5.57 Å². The molecule has 0 fully saturated rings. The van der Waals surface area contributed by atoms with E-state index in [0.29, 0.717) is 0 Å². The highest BCUT2D eigenvalue weighted by Gasteiger charge is 2.06. The lowest BCUT2D eigenvalue weighted by Crippen LogP contribution is -2.36. The Balaban J connectivity index is 2.50. The molecule has 18 heavy (non-hydrogen) atoms. The molecular formula is C17H27N. The van der Waals surface area contributed by atoms with Crippen molar-refractivity contribution in [2.75, 3.05) is 6.54 Å². The average molecular weight is 245 g/mol. The molecule has 0 aliphatic rings. The Bertz CT molecular complexity index is 379. The van der Waals surface area contributed by atoms with E-state index in [1.54, 1.807) is 0 Å². The van der Waals surface area contributed by atoms with Crippen LogP contribution >= 0.6 is 0 Å². The van der Waals surface area contributed by atoms with Crippen LogP contribution in [0.1, 0.15) is 52.2 Å². The molecule has 0 saturated heterocycles. The van der Waals surface area contributed by atoms with E-state index in [2.05, 4.69) is 70.3 Å². The third-order valence-electron chi connectivity index (χ3n) is 3.07. The Hall–Kier alpha value is -1.08. The summed E-state index contributed by atoms with van der Waals surface area (Å²) in [6, 6.07) is 8.89. The summed E-state index contributed by atoms with van der Waals surface area (Å²) in [6.07, 6.45) is 4.51.